The predicted octanol–water partition coefficient (Wildman–Crippen LogP) is 9.06. The Morgan fingerprint density at radius 3 is 2.39 bits per heavy atom. The van der Waals surface area contributed by atoms with E-state index in [1.54, 1.807) is 12.7 Å². The summed E-state index contributed by atoms with van der Waals surface area (Å²) in [4.78, 5) is 0. The molecule has 0 radical (unpaired) electrons. The standard InChI is InChI=1S/C34H34O2/c1-33(2)15-14-27-26(19-33)20-34(3,4)32-29-12-10-22(16-24(29)11-13-30(27)32)25-17-23-8-6-7-9-28(23)31(18-25)36-21-35-5/h6-18H,19-21H2,1-5H3. The molecule has 0 N–H and O–H groups in total. The van der Waals surface area contributed by atoms with E-state index in [0.717, 1.165) is 29.5 Å². The normalized spacial score (nSPS) is 17.8. The molecule has 2 nitrogen and oxygen atoms in total. The first-order valence-corrected chi connectivity index (χ1v) is 12.9. The summed E-state index contributed by atoms with van der Waals surface area (Å²) in [6.45, 7) is 9.75. The van der Waals surface area contributed by atoms with Crippen LogP contribution in [-0.4, -0.2) is 13.9 Å². The molecule has 0 saturated carbocycles. The van der Waals surface area contributed by atoms with E-state index >= 15 is 0 Å². The molecule has 0 fully saturated rings. The molecule has 0 heterocycles. The fourth-order valence-electron chi connectivity index (χ4n) is 6.34. The topological polar surface area (TPSA) is 18.5 Å². The molecule has 0 bridgehead atoms. The molecule has 182 valence electrons. The first-order chi connectivity index (χ1) is 17.3. The highest BCUT2D eigenvalue weighted by Gasteiger charge is 2.36. The zero-order chi connectivity index (χ0) is 25.1. The van der Waals surface area contributed by atoms with Gasteiger partial charge in [-0.05, 0) is 85.9 Å². The van der Waals surface area contributed by atoms with Gasteiger partial charge in [-0.25, -0.2) is 0 Å². The smallest absolute Gasteiger partial charge is 0.188 e. The number of hydrogen-bond acceptors (Lipinski definition) is 2. The van der Waals surface area contributed by atoms with Gasteiger partial charge in [0.1, 0.15) is 5.75 Å². The van der Waals surface area contributed by atoms with Gasteiger partial charge in [-0.3, -0.25) is 0 Å². The van der Waals surface area contributed by atoms with Gasteiger partial charge in [0.05, 0.1) is 0 Å². The van der Waals surface area contributed by atoms with Gasteiger partial charge < -0.3 is 9.47 Å². The molecule has 0 amide bonds. The highest BCUT2D eigenvalue weighted by atomic mass is 16.7. The van der Waals surface area contributed by atoms with Crippen molar-refractivity contribution in [1.29, 1.82) is 0 Å². The number of methoxy groups -OCH3 is 1. The van der Waals surface area contributed by atoms with Crippen molar-refractivity contribution >= 4 is 27.1 Å². The monoisotopic (exact) mass is 474 g/mol. The van der Waals surface area contributed by atoms with Crippen molar-refractivity contribution in [1.82, 2.24) is 0 Å². The zero-order valence-electron chi connectivity index (χ0n) is 21.9. The average molecular weight is 475 g/mol. The quantitative estimate of drug-likeness (QED) is 0.275. The van der Waals surface area contributed by atoms with Crippen LogP contribution < -0.4 is 4.74 Å². The van der Waals surface area contributed by atoms with E-state index in [9.17, 15) is 0 Å². The van der Waals surface area contributed by atoms with Crippen LogP contribution in [-0.2, 0) is 10.2 Å². The van der Waals surface area contributed by atoms with Crippen LogP contribution in [0.5, 0.6) is 5.75 Å². The van der Waals surface area contributed by atoms with Crippen molar-refractivity contribution in [3.63, 3.8) is 0 Å². The second-order valence-electron chi connectivity index (χ2n) is 11.7. The number of hydrogen-bond donors (Lipinski definition) is 0. The third-order valence-corrected chi connectivity index (χ3v) is 7.88. The van der Waals surface area contributed by atoms with E-state index in [1.165, 1.54) is 38.4 Å². The predicted molar refractivity (Wildman–Crippen MR) is 151 cm³/mol. The second kappa shape index (κ2) is 8.35. The van der Waals surface area contributed by atoms with Crippen LogP contribution in [0.2, 0.25) is 0 Å². The lowest BCUT2D eigenvalue weighted by Gasteiger charge is -2.40. The number of benzene rings is 4. The SMILES string of the molecule is COCOc1cc(-c2ccc3c4c(ccc3c2)C2=C(CC(C)(C)C=C2)CC4(C)C)cc2ccccc12. The Kier molecular flexibility index (Phi) is 5.35. The van der Waals surface area contributed by atoms with Crippen molar-refractivity contribution < 1.29 is 9.47 Å². The molecule has 0 aliphatic heterocycles. The Balaban J connectivity index is 1.49. The highest BCUT2D eigenvalue weighted by Crippen LogP contribution is 2.51. The first-order valence-electron chi connectivity index (χ1n) is 12.9. The number of ether oxygens (including phenoxy) is 2. The molecule has 6 rings (SSSR count). The number of rotatable bonds is 4. The van der Waals surface area contributed by atoms with Gasteiger partial charge in [-0.15, -0.1) is 0 Å². The van der Waals surface area contributed by atoms with Crippen LogP contribution in [0, 0.1) is 5.41 Å². The highest BCUT2D eigenvalue weighted by molar-refractivity contribution is 5.98. The van der Waals surface area contributed by atoms with E-state index in [1.807, 2.05) is 6.07 Å². The minimum Gasteiger partial charge on any atom is -0.467 e. The average Bonchev–Trinajstić information content (AvgIpc) is 2.85. The maximum Gasteiger partial charge on any atom is 0.188 e. The van der Waals surface area contributed by atoms with E-state index < -0.39 is 0 Å². The molecule has 0 spiro atoms. The Hall–Kier alpha value is -3.36. The maximum absolute atomic E-state index is 5.95. The molecular formula is C34H34O2. The maximum atomic E-state index is 5.95. The van der Waals surface area contributed by atoms with Crippen molar-refractivity contribution in [2.24, 2.45) is 5.41 Å². The molecular weight excluding hydrogens is 440 g/mol. The van der Waals surface area contributed by atoms with Crippen LogP contribution in [0.4, 0.5) is 0 Å². The summed E-state index contributed by atoms with van der Waals surface area (Å²) in [6.07, 6.45) is 7.04. The largest absolute Gasteiger partial charge is 0.467 e. The molecule has 0 unspecified atom stereocenters. The third-order valence-electron chi connectivity index (χ3n) is 7.88. The molecule has 4 aromatic carbocycles. The molecule has 0 saturated heterocycles. The van der Waals surface area contributed by atoms with E-state index in [0.29, 0.717) is 0 Å². The molecule has 2 heteroatoms. The van der Waals surface area contributed by atoms with Crippen molar-refractivity contribution in [2.75, 3.05) is 13.9 Å². The molecule has 2 aliphatic carbocycles. The van der Waals surface area contributed by atoms with Gasteiger partial charge in [0, 0.05) is 12.5 Å². The Morgan fingerprint density at radius 1 is 0.778 bits per heavy atom. The van der Waals surface area contributed by atoms with Gasteiger partial charge in [0.25, 0.3) is 0 Å². The lowest BCUT2D eigenvalue weighted by Crippen LogP contribution is -2.27. The summed E-state index contributed by atoms with van der Waals surface area (Å²) >= 11 is 0. The van der Waals surface area contributed by atoms with E-state index in [4.69, 9.17) is 9.47 Å². The van der Waals surface area contributed by atoms with Crippen LogP contribution in [0.25, 0.3) is 38.2 Å². The van der Waals surface area contributed by atoms with E-state index in [-0.39, 0.29) is 17.6 Å². The molecule has 0 aromatic heterocycles. The Labute approximate surface area is 214 Å². The second-order valence-corrected chi connectivity index (χ2v) is 11.7. The van der Waals surface area contributed by atoms with Gasteiger partial charge in [-0.1, -0.05) is 94.0 Å². The summed E-state index contributed by atoms with van der Waals surface area (Å²) < 4.78 is 11.1. The minimum atomic E-state index is 0.0978. The van der Waals surface area contributed by atoms with Gasteiger partial charge in [0.15, 0.2) is 6.79 Å². The summed E-state index contributed by atoms with van der Waals surface area (Å²) in [5, 5.41) is 4.92. The third kappa shape index (κ3) is 3.85. The van der Waals surface area contributed by atoms with Gasteiger partial charge in [0.2, 0.25) is 0 Å². The number of fused-ring (bicyclic) bond motifs is 5. The Morgan fingerprint density at radius 2 is 1.56 bits per heavy atom. The summed E-state index contributed by atoms with van der Waals surface area (Å²) in [7, 11) is 1.65. The van der Waals surface area contributed by atoms with Crippen LogP contribution in [0.15, 0.2) is 84.5 Å². The van der Waals surface area contributed by atoms with Gasteiger partial charge >= 0.3 is 0 Å². The summed E-state index contributed by atoms with van der Waals surface area (Å²) in [6, 6.07) is 24.3. The molecule has 36 heavy (non-hydrogen) atoms. The molecule has 0 atom stereocenters. The summed E-state index contributed by atoms with van der Waals surface area (Å²) in [5.41, 5.74) is 8.64. The van der Waals surface area contributed by atoms with Crippen molar-refractivity contribution in [3.05, 3.63) is 95.6 Å². The van der Waals surface area contributed by atoms with Crippen molar-refractivity contribution in [2.45, 2.75) is 46.0 Å². The van der Waals surface area contributed by atoms with Crippen LogP contribution in [0.3, 0.4) is 0 Å². The zero-order valence-corrected chi connectivity index (χ0v) is 21.9. The summed E-state index contributed by atoms with van der Waals surface area (Å²) in [5.74, 6) is 0.850. The van der Waals surface area contributed by atoms with Crippen LogP contribution >= 0.6 is 0 Å². The lowest BCUT2D eigenvalue weighted by atomic mass is 9.64. The van der Waals surface area contributed by atoms with Crippen molar-refractivity contribution in [3.8, 4) is 16.9 Å². The molecule has 4 aromatic rings. The Bertz CT molecular complexity index is 1570. The fourth-order valence-corrected chi connectivity index (χ4v) is 6.34. The van der Waals surface area contributed by atoms with Crippen LogP contribution in [0.1, 0.15) is 51.7 Å². The van der Waals surface area contributed by atoms with Gasteiger partial charge in [-0.2, -0.15) is 0 Å². The lowest BCUT2D eigenvalue weighted by molar-refractivity contribution is 0.0523. The molecule has 2 aliphatic rings. The fraction of sp³-hybridized carbons (Fsp3) is 0.294. The first kappa shape index (κ1) is 23.1. The van der Waals surface area contributed by atoms with E-state index in [2.05, 4.69) is 101 Å². The minimum absolute atomic E-state index is 0.0978. The number of allylic oxidation sites excluding steroid dienone is 4.